The molecule has 0 saturated carbocycles. The molecule has 0 spiro atoms. The molecule has 0 unspecified atom stereocenters. The summed E-state index contributed by atoms with van der Waals surface area (Å²) in [6, 6.07) is 4.69. The van der Waals surface area contributed by atoms with Gasteiger partial charge in [-0.25, -0.2) is 0 Å². The van der Waals surface area contributed by atoms with Gasteiger partial charge >= 0.3 is 0 Å². The van der Waals surface area contributed by atoms with E-state index in [0.717, 1.165) is 12.7 Å². The van der Waals surface area contributed by atoms with Gasteiger partial charge in [0.15, 0.2) is 0 Å². The average Bonchev–Trinajstić information content (AvgIpc) is 2.32. The molecule has 0 aliphatic rings. The summed E-state index contributed by atoms with van der Waals surface area (Å²) in [5.41, 5.74) is 6.62. The molecular formula is C11H11I2N3O2. The third-order valence-corrected chi connectivity index (χ3v) is 3.86. The first-order valence-corrected chi connectivity index (χ1v) is 7.18. The molecule has 4 N–H and O–H groups in total. The number of nitrogens with one attached hydrogen (secondary N) is 1. The average molecular weight is 471 g/mol. The van der Waals surface area contributed by atoms with E-state index in [2.05, 4.69) is 5.32 Å². The normalized spacial score (nSPS) is 11.7. The first kappa shape index (κ1) is 15.5. The van der Waals surface area contributed by atoms with Crippen LogP contribution in [-0.4, -0.2) is 23.6 Å². The lowest BCUT2D eigenvalue weighted by molar-refractivity contribution is -0.122. The van der Waals surface area contributed by atoms with Crippen LogP contribution in [0.4, 0.5) is 0 Å². The summed E-state index contributed by atoms with van der Waals surface area (Å²) in [6.07, 6.45) is 0.365. The van der Waals surface area contributed by atoms with Crippen LogP contribution in [0.2, 0.25) is 0 Å². The fourth-order valence-electron chi connectivity index (χ4n) is 1.34. The summed E-state index contributed by atoms with van der Waals surface area (Å²) < 4.78 is 1.44. The Morgan fingerprint density at radius 3 is 2.56 bits per heavy atom. The minimum absolute atomic E-state index is 0.0445. The van der Waals surface area contributed by atoms with Gasteiger partial charge < -0.3 is 16.2 Å². The number of nitrogens with zero attached hydrogens (tertiary/aromatic N) is 1. The number of rotatable bonds is 4. The maximum absolute atomic E-state index is 11.5. The van der Waals surface area contributed by atoms with E-state index in [-0.39, 0.29) is 18.2 Å². The lowest BCUT2D eigenvalue weighted by Gasteiger charge is -2.12. The number of halogens is 2. The second kappa shape index (κ2) is 7.10. The largest absolute Gasteiger partial charge is 0.506 e. The van der Waals surface area contributed by atoms with Gasteiger partial charge in [-0.05, 0) is 69.3 Å². The highest BCUT2D eigenvalue weighted by Gasteiger charge is 2.15. The molecular weight excluding hydrogens is 460 g/mol. The number of hydrogen-bond donors (Lipinski definition) is 3. The van der Waals surface area contributed by atoms with Crippen molar-refractivity contribution >= 4 is 51.1 Å². The van der Waals surface area contributed by atoms with Crippen molar-refractivity contribution in [1.29, 1.82) is 5.26 Å². The number of nitriles is 1. The van der Waals surface area contributed by atoms with Gasteiger partial charge in [0.1, 0.15) is 12.3 Å². The fourth-order valence-corrected chi connectivity index (χ4v) is 3.24. The zero-order valence-corrected chi connectivity index (χ0v) is 13.6. The molecule has 0 radical (unpaired) electrons. The third kappa shape index (κ3) is 4.25. The standard InChI is InChI=1S/C11H11I2N3O2/c12-7-3-6(4-8(13)10(7)17)5-9(15)11(18)16-2-1-14/h3-4,9,17H,2,5,15H2,(H,16,18)/t9-/m0/s1. The van der Waals surface area contributed by atoms with E-state index in [4.69, 9.17) is 11.0 Å². The van der Waals surface area contributed by atoms with E-state index >= 15 is 0 Å². The Balaban J connectivity index is 2.73. The molecule has 1 aromatic rings. The molecule has 96 valence electrons. The molecule has 0 fully saturated rings. The number of carbonyl (C=O) groups excluding carboxylic acids is 1. The summed E-state index contributed by atoms with van der Waals surface area (Å²) in [4.78, 5) is 11.5. The Hall–Kier alpha value is -0.600. The molecule has 1 amide bonds. The molecule has 1 rings (SSSR count). The number of benzene rings is 1. The van der Waals surface area contributed by atoms with Crippen molar-refractivity contribution in [2.75, 3.05) is 6.54 Å². The summed E-state index contributed by atoms with van der Waals surface area (Å²) in [5, 5.41) is 20.4. The van der Waals surface area contributed by atoms with E-state index in [1.807, 2.05) is 51.3 Å². The molecule has 1 atom stereocenters. The van der Waals surface area contributed by atoms with E-state index < -0.39 is 6.04 Å². The van der Waals surface area contributed by atoms with Crippen LogP contribution in [0.1, 0.15) is 5.56 Å². The van der Waals surface area contributed by atoms with Crippen LogP contribution in [0.25, 0.3) is 0 Å². The molecule has 0 saturated heterocycles. The van der Waals surface area contributed by atoms with Gasteiger partial charge in [-0.3, -0.25) is 4.79 Å². The molecule has 0 aliphatic heterocycles. The summed E-state index contributed by atoms with van der Waals surface area (Å²) in [6.45, 7) is -0.0445. The summed E-state index contributed by atoms with van der Waals surface area (Å²) in [7, 11) is 0. The fraction of sp³-hybridized carbons (Fsp3) is 0.273. The highest BCUT2D eigenvalue weighted by atomic mass is 127. The van der Waals surface area contributed by atoms with Crippen molar-refractivity contribution in [3.05, 3.63) is 24.8 Å². The molecule has 0 bridgehead atoms. The van der Waals surface area contributed by atoms with Crippen molar-refractivity contribution in [2.45, 2.75) is 12.5 Å². The minimum atomic E-state index is -0.700. The van der Waals surface area contributed by atoms with Crippen LogP contribution in [-0.2, 0) is 11.2 Å². The predicted molar refractivity (Wildman–Crippen MR) is 83.8 cm³/mol. The Morgan fingerprint density at radius 1 is 1.50 bits per heavy atom. The first-order valence-electron chi connectivity index (χ1n) is 5.02. The van der Waals surface area contributed by atoms with Gasteiger partial charge in [0.05, 0.1) is 19.3 Å². The van der Waals surface area contributed by atoms with Crippen molar-refractivity contribution in [1.82, 2.24) is 5.32 Å². The van der Waals surface area contributed by atoms with Gasteiger partial charge in [0.25, 0.3) is 0 Å². The number of carbonyl (C=O) groups is 1. The van der Waals surface area contributed by atoms with Gasteiger partial charge in [-0.2, -0.15) is 5.26 Å². The van der Waals surface area contributed by atoms with Crippen LogP contribution in [0.15, 0.2) is 12.1 Å². The SMILES string of the molecule is N#CCNC(=O)[C@@H](N)Cc1cc(I)c(O)c(I)c1. The quantitative estimate of drug-likeness (QED) is 0.453. The number of amides is 1. The van der Waals surface area contributed by atoms with Gasteiger partial charge in [-0.15, -0.1) is 0 Å². The number of nitrogens with two attached hydrogens (primary N) is 1. The van der Waals surface area contributed by atoms with Crippen LogP contribution < -0.4 is 11.1 Å². The maximum Gasteiger partial charge on any atom is 0.238 e. The first-order chi connectivity index (χ1) is 8.45. The number of phenolic OH excluding ortho intramolecular Hbond substituents is 1. The molecule has 1 aromatic carbocycles. The second-order valence-corrected chi connectivity index (χ2v) is 5.92. The molecule has 18 heavy (non-hydrogen) atoms. The molecule has 7 heteroatoms. The molecule has 0 heterocycles. The van der Waals surface area contributed by atoms with Crippen molar-refractivity contribution in [3.63, 3.8) is 0 Å². The zero-order valence-electron chi connectivity index (χ0n) is 9.28. The Kier molecular flexibility index (Phi) is 6.10. The maximum atomic E-state index is 11.5. The van der Waals surface area contributed by atoms with Crippen LogP contribution >= 0.6 is 45.2 Å². The van der Waals surface area contributed by atoms with Crippen molar-refractivity contribution in [3.8, 4) is 11.8 Å². The number of aromatic hydroxyl groups is 1. The van der Waals surface area contributed by atoms with E-state index in [1.165, 1.54) is 0 Å². The summed E-state index contributed by atoms with van der Waals surface area (Å²) >= 11 is 4.05. The van der Waals surface area contributed by atoms with Gasteiger partial charge in [0.2, 0.25) is 5.91 Å². The Morgan fingerprint density at radius 2 is 2.06 bits per heavy atom. The van der Waals surface area contributed by atoms with Gasteiger partial charge in [-0.1, -0.05) is 0 Å². The van der Waals surface area contributed by atoms with E-state index in [0.29, 0.717) is 6.42 Å². The highest BCUT2D eigenvalue weighted by Crippen LogP contribution is 2.27. The molecule has 0 aromatic heterocycles. The zero-order chi connectivity index (χ0) is 13.7. The van der Waals surface area contributed by atoms with Crippen molar-refractivity contribution in [2.24, 2.45) is 5.73 Å². The van der Waals surface area contributed by atoms with E-state index in [1.54, 1.807) is 12.1 Å². The van der Waals surface area contributed by atoms with Crippen molar-refractivity contribution < 1.29 is 9.90 Å². The molecule has 5 nitrogen and oxygen atoms in total. The second-order valence-electron chi connectivity index (χ2n) is 3.59. The number of phenols is 1. The summed E-state index contributed by atoms with van der Waals surface area (Å²) in [5.74, 6) is -0.114. The molecule has 0 aliphatic carbocycles. The van der Waals surface area contributed by atoms with Crippen LogP contribution in [0.3, 0.4) is 0 Å². The van der Waals surface area contributed by atoms with Gasteiger partial charge in [0, 0.05) is 0 Å². The van der Waals surface area contributed by atoms with Crippen LogP contribution in [0.5, 0.6) is 5.75 Å². The number of hydrogen-bond acceptors (Lipinski definition) is 4. The Labute approximate surface area is 132 Å². The Bertz CT molecular complexity index is 477. The topological polar surface area (TPSA) is 99.1 Å². The smallest absolute Gasteiger partial charge is 0.238 e. The minimum Gasteiger partial charge on any atom is -0.506 e. The van der Waals surface area contributed by atoms with Crippen LogP contribution in [0, 0.1) is 18.5 Å². The lowest BCUT2D eigenvalue weighted by Crippen LogP contribution is -2.42. The lowest BCUT2D eigenvalue weighted by atomic mass is 10.1. The highest BCUT2D eigenvalue weighted by molar-refractivity contribution is 14.1. The third-order valence-electron chi connectivity index (χ3n) is 2.21. The predicted octanol–water partition coefficient (Wildman–Crippen LogP) is 1.11. The monoisotopic (exact) mass is 471 g/mol. The van der Waals surface area contributed by atoms with E-state index in [9.17, 15) is 9.90 Å².